The number of nitrogens with one attached hydrogen (secondary N) is 1. The lowest BCUT2D eigenvalue weighted by molar-refractivity contribution is 0.102. The van der Waals surface area contributed by atoms with E-state index in [2.05, 4.69) is 42.3 Å². The quantitative estimate of drug-likeness (QED) is 0.435. The van der Waals surface area contributed by atoms with Crippen LogP contribution in [0.2, 0.25) is 5.02 Å². The number of anilines is 1. The molecular weight excluding hydrogens is 424 g/mol. The Morgan fingerprint density at radius 1 is 1.13 bits per heavy atom. The van der Waals surface area contributed by atoms with Crippen molar-refractivity contribution in [1.82, 2.24) is 4.90 Å². The maximum Gasteiger partial charge on any atom is 0.256 e. The van der Waals surface area contributed by atoms with E-state index in [9.17, 15) is 4.79 Å². The highest BCUT2D eigenvalue weighted by atomic mass is 35.5. The molecule has 1 fully saturated rings. The summed E-state index contributed by atoms with van der Waals surface area (Å²) in [7, 11) is 0. The molecule has 0 bridgehead atoms. The first-order valence-electron chi connectivity index (χ1n) is 11.0. The topological polar surface area (TPSA) is 32.3 Å². The monoisotopic (exact) mass is 452 g/mol. The molecule has 0 saturated carbocycles. The smallest absolute Gasteiger partial charge is 0.256 e. The second-order valence-electron chi connectivity index (χ2n) is 8.34. The Hall–Kier alpha value is -2.14. The summed E-state index contributed by atoms with van der Waals surface area (Å²) >= 11 is 7.88. The molecule has 1 saturated heterocycles. The van der Waals surface area contributed by atoms with E-state index in [0.29, 0.717) is 5.56 Å². The highest BCUT2D eigenvalue weighted by Crippen LogP contribution is 2.41. The van der Waals surface area contributed by atoms with Gasteiger partial charge in [-0.15, -0.1) is 11.3 Å². The van der Waals surface area contributed by atoms with Gasteiger partial charge < -0.3 is 5.32 Å². The van der Waals surface area contributed by atoms with Crippen molar-refractivity contribution in [3.8, 4) is 0 Å². The number of carbonyl (C=O) groups is 1. The van der Waals surface area contributed by atoms with E-state index < -0.39 is 0 Å². The van der Waals surface area contributed by atoms with Crippen molar-refractivity contribution < 1.29 is 4.79 Å². The van der Waals surface area contributed by atoms with E-state index in [0.717, 1.165) is 35.5 Å². The molecule has 31 heavy (non-hydrogen) atoms. The van der Waals surface area contributed by atoms with Gasteiger partial charge in [0.2, 0.25) is 0 Å². The maximum absolute atomic E-state index is 13.0. The number of hydrogen-bond acceptors (Lipinski definition) is 3. The highest BCUT2D eigenvalue weighted by molar-refractivity contribution is 7.16. The number of likely N-dealkylation sites (tertiary alicyclic amines) is 1. The predicted octanol–water partition coefficient (Wildman–Crippen LogP) is 7.04. The van der Waals surface area contributed by atoms with Gasteiger partial charge in [0, 0.05) is 21.0 Å². The molecule has 0 spiro atoms. The lowest BCUT2D eigenvalue weighted by Crippen LogP contribution is -2.37. The van der Waals surface area contributed by atoms with Gasteiger partial charge in [0.1, 0.15) is 5.00 Å². The zero-order valence-corrected chi connectivity index (χ0v) is 19.7. The fourth-order valence-corrected chi connectivity index (χ4v) is 5.37. The summed E-state index contributed by atoms with van der Waals surface area (Å²) in [6, 6.07) is 20.0. The fraction of sp³-hybridized carbons (Fsp3) is 0.346. The average Bonchev–Trinajstić information content (AvgIpc) is 3.19. The Bertz CT molecular complexity index is 1010. The van der Waals surface area contributed by atoms with Gasteiger partial charge in [-0.2, -0.15) is 0 Å². The third kappa shape index (κ3) is 5.20. The van der Waals surface area contributed by atoms with Crippen LogP contribution in [0.15, 0.2) is 60.7 Å². The van der Waals surface area contributed by atoms with Gasteiger partial charge in [-0.25, -0.2) is 0 Å². The van der Waals surface area contributed by atoms with Crippen molar-refractivity contribution in [2.45, 2.75) is 39.2 Å². The number of nitrogens with zero attached hydrogens (tertiary/aromatic N) is 1. The molecule has 0 radical (unpaired) electrons. The summed E-state index contributed by atoms with van der Waals surface area (Å²) in [5.41, 5.74) is 3.08. The Kier molecular flexibility index (Phi) is 7.11. The van der Waals surface area contributed by atoms with E-state index in [1.54, 1.807) is 11.3 Å². The average molecular weight is 453 g/mol. The molecule has 0 unspecified atom stereocenters. The molecule has 3 aromatic rings. The Morgan fingerprint density at radius 2 is 1.81 bits per heavy atom. The number of hydrogen-bond donors (Lipinski definition) is 1. The second-order valence-corrected chi connectivity index (χ2v) is 9.92. The molecule has 1 aliphatic rings. The summed E-state index contributed by atoms with van der Waals surface area (Å²) < 4.78 is 0. The molecule has 1 N–H and O–H groups in total. The fourth-order valence-electron chi connectivity index (χ4n) is 4.22. The summed E-state index contributed by atoms with van der Waals surface area (Å²) in [6.07, 6.45) is 3.34. The van der Waals surface area contributed by atoms with E-state index in [4.69, 9.17) is 11.6 Å². The van der Waals surface area contributed by atoms with Crippen LogP contribution in [0.1, 0.15) is 59.1 Å². The summed E-state index contributed by atoms with van der Waals surface area (Å²) in [4.78, 5) is 16.8. The summed E-state index contributed by atoms with van der Waals surface area (Å²) in [5, 5.41) is 4.91. The summed E-state index contributed by atoms with van der Waals surface area (Å²) in [6.45, 7) is 6.61. The minimum Gasteiger partial charge on any atom is -0.313 e. The van der Waals surface area contributed by atoms with Gasteiger partial charge >= 0.3 is 0 Å². The predicted molar refractivity (Wildman–Crippen MR) is 131 cm³/mol. The van der Waals surface area contributed by atoms with Crippen LogP contribution in [-0.2, 0) is 6.42 Å². The summed E-state index contributed by atoms with van der Waals surface area (Å²) in [5.74, 6) is 0.696. The molecule has 5 heteroatoms. The molecule has 2 heterocycles. The molecule has 1 aliphatic heterocycles. The first-order valence-corrected chi connectivity index (χ1v) is 12.2. The Balaban J connectivity index is 1.72. The number of halogens is 1. The minimum absolute atomic E-state index is 0.0616. The van der Waals surface area contributed by atoms with E-state index in [-0.39, 0.29) is 11.9 Å². The van der Waals surface area contributed by atoms with Crippen LogP contribution in [0, 0.1) is 5.92 Å². The van der Waals surface area contributed by atoms with Gasteiger partial charge in [0.15, 0.2) is 0 Å². The second kappa shape index (κ2) is 9.99. The number of benzene rings is 2. The normalized spacial score (nSPS) is 16.2. The van der Waals surface area contributed by atoms with Crippen molar-refractivity contribution in [3.63, 3.8) is 0 Å². The van der Waals surface area contributed by atoms with E-state index in [1.807, 2.05) is 42.5 Å². The lowest BCUT2D eigenvalue weighted by atomic mass is 9.92. The Morgan fingerprint density at radius 3 is 2.45 bits per heavy atom. The standard InChI is InChI=1S/C26H29ClN2OS/c1-3-22-17-23(26(31-22)28-25(30)20-7-5-4-6-8-20)24(19-9-11-21(27)12-10-19)29-15-13-18(2)14-16-29/h4-12,17-18,24H,3,13-16H2,1-2H3,(H,28,30)/t24-/m0/s1. The van der Waals surface area contributed by atoms with Crippen LogP contribution in [-0.4, -0.2) is 23.9 Å². The largest absolute Gasteiger partial charge is 0.313 e. The number of carbonyl (C=O) groups excluding carboxylic acids is 1. The number of thiophene rings is 1. The minimum atomic E-state index is -0.0616. The number of aryl methyl sites for hydroxylation is 1. The molecule has 1 aromatic heterocycles. The first kappa shape index (κ1) is 22.1. The molecule has 1 amide bonds. The van der Waals surface area contributed by atoms with Crippen molar-refractivity contribution in [2.75, 3.05) is 18.4 Å². The van der Waals surface area contributed by atoms with Gasteiger partial charge in [0.05, 0.1) is 6.04 Å². The third-order valence-corrected chi connectivity index (χ3v) is 7.55. The maximum atomic E-state index is 13.0. The number of rotatable bonds is 6. The van der Waals surface area contributed by atoms with Crippen LogP contribution >= 0.6 is 22.9 Å². The SMILES string of the molecule is CCc1cc([C@H](c2ccc(Cl)cc2)N2CCC(C)CC2)c(NC(=O)c2ccccc2)s1. The highest BCUT2D eigenvalue weighted by Gasteiger charge is 2.29. The zero-order valence-electron chi connectivity index (χ0n) is 18.1. The van der Waals surface area contributed by atoms with Crippen molar-refractivity contribution in [3.05, 3.63) is 87.3 Å². The van der Waals surface area contributed by atoms with Crippen molar-refractivity contribution in [2.24, 2.45) is 5.92 Å². The Labute approximate surface area is 194 Å². The molecule has 2 aromatic carbocycles. The van der Waals surface area contributed by atoms with Gasteiger partial charge in [0.25, 0.3) is 5.91 Å². The number of piperidine rings is 1. The zero-order chi connectivity index (χ0) is 21.8. The number of amides is 1. The first-order chi connectivity index (χ1) is 15.0. The third-order valence-electron chi connectivity index (χ3n) is 6.09. The molecule has 1 atom stereocenters. The van der Waals surface area contributed by atoms with E-state index in [1.165, 1.54) is 28.8 Å². The van der Waals surface area contributed by atoms with Gasteiger partial charge in [-0.05, 0) is 74.2 Å². The van der Waals surface area contributed by atoms with Crippen LogP contribution < -0.4 is 5.32 Å². The molecule has 3 nitrogen and oxygen atoms in total. The molecule has 162 valence electrons. The molecular formula is C26H29ClN2OS. The van der Waals surface area contributed by atoms with Crippen LogP contribution in [0.3, 0.4) is 0 Å². The van der Waals surface area contributed by atoms with E-state index >= 15 is 0 Å². The van der Waals surface area contributed by atoms with Crippen molar-refractivity contribution >= 4 is 33.8 Å². The molecule has 4 rings (SSSR count). The van der Waals surface area contributed by atoms with Crippen LogP contribution in [0.4, 0.5) is 5.00 Å². The van der Waals surface area contributed by atoms with Crippen molar-refractivity contribution in [1.29, 1.82) is 0 Å². The van der Waals surface area contributed by atoms with Crippen LogP contribution in [0.25, 0.3) is 0 Å². The lowest BCUT2D eigenvalue weighted by Gasteiger charge is -2.37. The van der Waals surface area contributed by atoms with Gasteiger partial charge in [-0.1, -0.05) is 55.8 Å². The van der Waals surface area contributed by atoms with Gasteiger partial charge in [-0.3, -0.25) is 9.69 Å². The molecule has 0 aliphatic carbocycles. The van der Waals surface area contributed by atoms with Crippen LogP contribution in [0.5, 0.6) is 0 Å².